The lowest BCUT2D eigenvalue weighted by atomic mass is 9.43. The van der Waals surface area contributed by atoms with Gasteiger partial charge in [-0.3, -0.25) is 4.79 Å². The molecular formula is C44H68O15. The highest BCUT2D eigenvalue weighted by Gasteiger charge is 2.71. The molecule has 0 aromatic rings. The van der Waals surface area contributed by atoms with Crippen LogP contribution in [0.1, 0.15) is 119 Å². The molecule has 8 aliphatic rings. The molecule has 2 unspecified atom stereocenters. The molecule has 4 saturated carbocycles. The SMILES string of the molecule is CCC(=O)OC1CC2(O)[C@@H]3CC[C@@H]4C[C@@H](O[C@@H]5C[C@H](O[C@@H]6C[C@H](O)[C@H](O)[C@@H](C)O6)[C@H](O[C@@H]6C[C@H](O)[C@H](O)[C@@H](C)O6)[C@@H](C)O5)CC[C@]4(C)[C@H]3CC[C@]2(C)[C@H]1C1=CC(=O)OC1. The van der Waals surface area contributed by atoms with Gasteiger partial charge in [-0.25, -0.2) is 4.79 Å². The zero-order valence-corrected chi connectivity index (χ0v) is 35.5. The van der Waals surface area contributed by atoms with E-state index in [1.54, 1.807) is 26.8 Å². The van der Waals surface area contributed by atoms with Crippen molar-refractivity contribution in [1.29, 1.82) is 0 Å². The number of aliphatic hydroxyl groups is 5. The van der Waals surface area contributed by atoms with E-state index >= 15 is 0 Å². The minimum Gasteiger partial charge on any atom is -0.462 e. The van der Waals surface area contributed by atoms with Crippen molar-refractivity contribution in [3.63, 3.8) is 0 Å². The smallest absolute Gasteiger partial charge is 0.331 e. The molecule has 0 radical (unpaired) electrons. The van der Waals surface area contributed by atoms with Crippen molar-refractivity contribution in [2.45, 2.75) is 210 Å². The molecule has 4 aliphatic heterocycles. The Hall–Kier alpha value is -1.76. The molecule has 15 heteroatoms. The van der Waals surface area contributed by atoms with E-state index in [1.807, 2.05) is 6.92 Å². The summed E-state index contributed by atoms with van der Waals surface area (Å²) in [6.45, 7) is 11.7. The number of carbonyl (C=O) groups is 2. The maximum Gasteiger partial charge on any atom is 0.331 e. The molecule has 0 spiro atoms. The highest BCUT2D eigenvalue weighted by molar-refractivity contribution is 5.85. The van der Waals surface area contributed by atoms with Crippen LogP contribution in [0.4, 0.5) is 0 Å². The molecule has 59 heavy (non-hydrogen) atoms. The van der Waals surface area contributed by atoms with Gasteiger partial charge in [-0.1, -0.05) is 20.8 Å². The van der Waals surface area contributed by atoms with Gasteiger partial charge in [0.05, 0.1) is 48.3 Å². The molecule has 8 rings (SSSR count). The summed E-state index contributed by atoms with van der Waals surface area (Å²) in [4.78, 5) is 24.9. The van der Waals surface area contributed by atoms with E-state index in [0.29, 0.717) is 18.8 Å². The number of esters is 2. The number of ether oxygens (including phenoxy) is 8. The number of fused-ring (bicyclic) bond motifs is 5. The van der Waals surface area contributed by atoms with Crippen molar-refractivity contribution in [1.82, 2.24) is 0 Å². The molecule has 0 amide bonds. The summed E-state index contributed by atoms with van der Waals surface area (Å²) in [6.07, 6.45) is -1.31. The van der Waals surface area contributed by atoms with E-state index in [-0.39, 0.29) is 67.1 Å². The number of aliphatic hydroxyl groups excluding tert-OH is 4. The summed E-state index contributed by atoms with van der Waals surface area (Å²) in [5.41, 5.74) is -0.859. The molecular weight excluding hydrogens is 768 g/mol. The van der Waals surface area contributed by atoms with E-state index in [4.69, 9.17) is 37.9 Å². The summed E-state index contributed by atoms with van der Waals surface area (Å²) in [7, 11) is 0. The first-order valence-corrected chi connectivity index (χ1v) is 22.4. The third kappa shape index (κ3) is 7.95. The molecule has 0 bridgehead atoms. The van der Waals surface area contributed by atoms with Crippen LogP contribution in [0.3, 0.4) is 0 Å². The van der Waals surface area contributed by atoms with Crippen molar-refractivity contribution in [2.75, 3.05) is 6.61 Å². The summed E-state index contributed by atoms with van der Waals surface area (Å²) >= 11 is 0. The van der Waals surface area contributed by atoms with E-state index in [2.05, 4.69) is 13.8 Å². The molecule has 0 aromatic carbocycles. The molecule has 15 nitrogen and oxygen atoms in total. The number of cyclic esters (lactones) is 1. The lowest BCUT2D eigenvalue weighted by molar-refractivity contribution is -0.344. The predicted octanol–water partition coefficient (Wildman–Crippen LogP) is 3.18. The van der Waals surface area contributed by atoms with Crippen molar-refractivity contribution < 1.29 is 73.0 Å². The van der Waals surface area contributed by atoms with Crippen LogP contribution in [-0.2, 0) is 47.5 Å². The molecule has 3 saturated heterocycles. The van der Waals surface area contributed by atoms with Crippen LogP contribution in [0.5, 0.6) is 0 Å². The Balaban J connectivity index is 0.949. The van der Waals surface area contributed by atoms with Crippen molar-refractivity contribution >= 4 is 11.9 Å². The molecule has 4 heterocycles. The zero-order chi connectivity index (χ0) is 42.2. The van der Waals surface area contributed by atoms with Gasteiger partial charge in [-0.2, -0.15) is 0 Å². The van der Waals surface area contributed by atoms with E-state index in [9.17, 15) is 35.1 Å². The minimum absolute atomic E-state index is 0.0219. The number of hydrogen-bond acceptors (Lipinski definition) is 15. The molecule has 5 N–H and O–H groups in total. The van der Waals surface area contributed by atoms with E-state index in [1.165, 1.54) is 0 Å². The second kappa shape index (κ2) is 16.7. The predicted molar refractivity (Wildman–Crippen MR) is 207 cm³/mol. The van der Waals surface area contributed by atoms with Crippen molar-refractivity contribution in [2.24, 2.45) is 34.5 Å². The highest BCUT2D eigenvalue weighted by Crippen LogP contribution is 2.70. The first-order valence-electron chi connectivity index (χ1n) is 22.4. The quantitative estimate of drug-likeness (QED) is 0.167. The van der Waals surface area contributed by atoms with Crippen LogP contribution < -0.4 is 0 Å². The summed E-state index contributed by atoms with van der Waals surface area (Å²) < 4.78 is 49.5. The van der Waals surface area contributed by atoms with Crippen LogP contribution in [-0.4, -0.2) is 136 Å². The Morgan fingerprint density at radius 2 is 1.42 bits per heavy atom. The number of rotatable bonds is 9. The normalized spacial score (nSPS) is 52.5. The van der Waals surface area contributed by atoms with Gasteiger partial charge in [-0.05, 0) is 94.5 Å². The van der Waals surface area contributed by atoms with Gasteiger partial charge >= 0.3 is 11.9 Å². The van der Waals surface area contributed by atoms with Crippen LogP contribution in [0.2, 0.25) is 0 Å². The Labute approximate surface area is 347 Å². The standard InChI is InChI=1S/C44H68O15/c1-7-33(47)57-32-19-44(51)28-9-8-25-15-26(10-12-42(25,5)27(28)11-13-43(44,6)38(32)24-14-34(48)52-20-24)56-37-18-31(58-35-16-29(45)39(49)21(2)53-35)41(23(4)55-37)59-36-17-30(46)40(50)22(3)54-36/h14,21-23,25-32,35-41,45-46,49-51H,7-13,15-20H2,1-6H3/t21-,22-,23-,25-,26+,27+,28-,29+,30+,31+,32?,35-,36-,37-,38+,39-,40-,41-,42+,43-,44?/m1/s1. The molecule has 334 valence electrons. The van der Waals surface area contributed by atoms with Gasteiger partial charge in [0, 0.05) is 49.5 Å². The van der Waals surface area contributed by atoms with Gasteiger partial charge in [0.1, 0.15) is 31.0 Å². The molecule has 21 atom stereocenters. The van der Waals surface area contributed by atoms with Crippen molar-refractivity contribution in [3.05, 3.63) is 11.6 Å². The first-order chi connectivity index (χ1) is 27.9. The van der Waals surface area contributed by atoms with E-state index in [0.717, 1.165) is 50.5 Å². The lowest BCUT2D eigenvalue weighted by Crippen LogP contribution is -2.62. The fourth-order valence-corrected chi connectivity index (χ4v) is 13.1. The first kappa shape index (κ1) is 43.9. The highest BCUT2D eigenvalue weighted by atomic mass is 16.7. The van der Waals surface area contributed by atoms with Gasteiger partial charge in [0.15, 0.2) is 18.9 Å². The summed E-state index contributed by atoms with van der Waals surface area (Å²) in [5, 5.41) is 54.6. The van der Waals surface area contributed by atoms with Gasteiger partial charge in [-0.15, -0.1) is 0 Å². The Bertz CT molecular complexity index is 1550. The molecule has 7 fully saturated rings. The third-order valence-electron chi connectivity index (χ3n) is 16.4. The topological polar surface area (TPSA) is 209 Å². The van der Waals surface area contributed by atoms with E-state index < -0.39 is 90.9 Å². The monoisotopic (exact) mass is 836 g/mol. The third-order valence-corrected chi connectivity index (χ3v) is 16.4. The average molecular weight is 837 g/mol. The largest absolute Gasteiger partial charge is 0.462 e. The van der Waals surface area contributed by atoms with Gasteiger partial charge < -0.3 is 63.4 Å². The fraction of sp³-hybridized carbons (Fsp3) is 0.909. The van der Waals surface area contributed by atoms with Crippen LogP contribution in [0, 0.1) is 34.5 Å². The number of hydrogen-bond donors (Lipinski definition) is 5. The molecule has 0 aromatic heterocycles. The maximum absolute atomic E-state index is 13.0. The Kier molecular flexibility index (Phi) is 12.5. The van der Waals surface area contributed by atoms with Crippen LogP contribution >= 0.6 is 0 Å². The second-order valence-corrected chi connectivity index (χ2v) is 19.7. The average Bonchev–Trinajstić information content (AvgIpc) is 3.70. The summed E-state index contributed by atoms with van der Waals surface area (Å²) in [6, 6.07) is 0. The minimum atomic E-state index is -1.07. The van der Waals surface area contributed by atoms with Crippen molar-refractivity contribution in [3.8, 4) is 0 Å². The van der Waals surface area contributed by atoms with Gasteiger partial charge in [0.2, 0.25) is 0 Å². The summed E-state index contributed by atoms with van der Waals surface area (Å²) in [5.74, 6) is -0.314. The lowest BCUT2D eigenvalue weighted by Gasteiger charge is -2.63. The Morgan fingerprint density at radius 3 is 2.05 bits per heavy atom. The van der Waals surface area contributed by atoms with Gasteiger partial charge in [0.25, 0.3) is 0 Å². The molecule has 4 aliphatic carbocycles. The fourth-order valence-electron chi connectivity index (χ4n) is 13.1. The zero-order valence-electron chi connectivity index (χ0n) is 35.5. The number of carbonyl (C=O) groups excluding carboxylic acids is 2. The Morgan fingerprint density at radius 1 is 0.780 bits per heavy atom. The maximum atomic E-state index is 13.0. The van der Waals surface area contributed by atoms with Crippen LogP contribution in [0.15, 0.2) is 11.6 Å². The van der Waals surface area contributed by atoms with Crippen LogP contribution in [0.25, 0.3) is 0 Å². The second-order valence-electron chi connectivity index (χ2n) is 19.7.